The number of nitrogens with zero attached hydrogens (tertiary/aromatic N) is 4. The second-order valence-corrected chi connectivity index (χ2v) is 9.16. The van der Waals surface area contributed by atoms with E-state index in [-0.39, 0.29) is 5.95 Å². The molecule has 0 radical (unpaired) electrons. The standard InChI is InChI=1S/C23H26F3N5O2/c1-15-8-16(10-18(9-15)29-20-27-6-4-19(30-20)23(24,25)26)17-11-28-31(12-17)14-22(32)5-7-33-21(2,3)13-22/h4,6,8-12,32H,5,7,13-14H2,1-3H3,(H,27,29,30). The minimum Gasteiger partial charge on any atom is -0.388 e. The van der Waals surface area contributed by atoms with Gasteiger partial charge in [0.25, 0.3) is 0 Å². The molecule has 1 saturated heterocycles. The topological polar surface area (TPSA) is 85.1 Å². The first kappa shape index (κ1) is 23.2. The van der Waals surface area contributed by atoms with Gasteiger partial charge in [0.05, 0.1) is 30.6 Å². The van der Waals surface area contributed by atoms with Gasteiger partial charge in [-0.2, -0.15) is 18.3 Å². The Bertz CT molecular complexity index is 1150. The van der Waals surface area contributed by atoms with Crippen molar-refractivity contribution in [3.05, 3.63) is 54.1 Å². The maximum Gasteiger partial charge on any atom is 0.433 e. The molecule has 3 aromatic rings. The quantitative estimate of drug-likeness (QED) is 0.571. The first-order valence-electron chi connectivity index (χ1n) is 10.6. The highest BCUT2D eigenvalue weighted by molar-refractivity contribution is 5.70. The molecule has 3 heterocycles. The van der Waals surface area contributed by atoms with E-state index in [0.29, 0.717) is 31.7 Å². The molecule has 0 saturated carbocycles. The lowest BCUT2D eigenvalue weighted by atomic mass is 9.84. The van der Waals surface area contributed by atoms with Crippen molar-refractivity contribution in [1.82, 2.24) is 19.7 Å². The summed E-state index contributed by atoms with van der Waals surface area (Å²) in [4.78, 5) is 7.45. The van der Waals surface area contributed by atoms with Gasteiger partial charge in [-0.25, -0.2) is 9.97 Å². The number of hydrogen-bond acceptors (Lipinski definition) is 6. The zero-order valence-corrected chi connectivity index (χ0v) is 18.6. The third kappa shape index (κ3) is 5.69. The first-order valence-corrected chi connectivity index (χ1v) is 10.6. The van der Waals surface area contributed by atoms with E-state index >= 15 is 0 Å². The van der Waals surface area contributed by atoms with Crippen LogP contribution < -0.4 is 5.32 Å². The normalized spacial score (nSPS) is 20.6. The van der Waals surface area contributed by atoms with E-state index in [2.05, 4.69) is 20.4 Å². The van der Waals surface area contributed by atoms with Gasteiger partial charge in [-0.15, -0.1) is 0 Å². The van der Waals surface area contributed by atoms with Gasteiger partial charge in [-0.05, 0) is 50.1 Å². The van der Waals surface area contributed by atoms with Gasteiger partial charge in [0, 0.05) is 36.5 Å². The fourth-order valence-corrected chi connectivity index (χ4v) is 4.21. The number of aromatic nitrogens is 4. The number of halogens is 3. The molecule has 1 fully saturated rings. The molecule has 0 amide bonds. The summed E-state index contributed by atoms with van der Waals surface area (Å²) in [5.41, 5.74) is 0.790. The lowest BCUT2D eigenvalue weighted by Crippen LogP contribution is -2.48. The summed E-state index contributed by atoms with van der Waals surface area (Å²) in [6.07, 6.45) is 1.11. The third-order valence-electron chi connectivity index (χ3n) is 5.52. The number of anilines is 2. The molecule has 0 spiro atoms. The highest BCUT2D eigenvalue weighted by atomic mass is 19.4. The van der Waals surface area contributed by atoms with Crippen molar-refractivity contribution in [1.29, 1.82) is 0 Å². The van der Waals surface area contributed by atoms with Crippen molar-refractivity contribution in [3.8, 4) is 11.1 Å². The van der Waals surface area contributed by atoms with Gasteiger partial charge in [-0.3, -0.25) is 4.68 Å². The number of benzene rings is 1. The molecule has 1 aromatic carbocycles. The molecule has 2 N–H and O–H groups in total. The highest BCUT2D eigenvalue weighted by Gasteiger charge is 2.39. The van der Waals surface area contributed by atoms with E-state index in [1.807, 2.05) is 33.0 Å². The van der Waals surface area contributed by atoms with Crippen LogP contribution in [0.25, 0.3) is 11.1 Å². The van der Waals surface area contributed by atoms with Crippen molar-refractivity contribution < 1.29 is 23.0 Å². The fourth-order valence-electron chi connectivity index (χ4n) is 4.21. The van der Waals surface area contributed by atoms with Gasteiger partial charge in [0.15, 0.2) is 0 Å². The van der Waals surface area contributed by atoms with Crippen LogP contribution in [-0.4, -0.2) is 42.7 Å². The average molecular weight is 461 g/mol. The molecule has 2 aromatic heterocycles. The Morgan fingerprint density at radius 1 is 1.21 bits per heavy atom. The van der Waals surface area contributed by atoms with Crippen LogP contribution in [0.3, 0.4) is 0 Å². The summed E-state index contributed by atoms with van der Waals surface area (Å²) in [5.74, 6) is -0.138. The molecule has 33 heavy (non-hydrogen) atoms. The molecule has 1 atom stereocenters. The number of hydrogen-bond donors (Lipinski definition) is 2. The van der Waals surface area contributed by atoms with Crippen molar-refractivity contribution in [3.63, 3.8) is 0 Å². The average Bonchev–Trinajstić information content (AvgIpc) is 3.14. The molecule has 4 rings (SSSR count). The Balaban J connectivity index is 1.54. The molecule has 176 valence electrons. The van der Waals surface area contributed by atoms with E-state index in [1.165, 1.54) is 0 Å². The van der Waals surface area contributed by atoms with Crippen LogP contribution in [0.15, 0.2) is 42.9 Å². The predicted octanol–water partition coefficient (Wildman–Crippen LogP) is 4.73. The Labute approximate surface area is 189 Å². The monoisotopic (exact) mass is 461 g/mol. The van der Waals surface area contributed by atoms with E-state index in [9.17, 15) is 18.3 Å². The summed E-state index contributed by atoms with van der Waals surface area (Å²) >= 11 is 0. The van der Waals surface area contributed by atoms with Crippen LogP contribution in [-0.2, 0) is 17.5 Å². The maximum absolute atomic E-state index is 12.9. The SMILES string of the molecule is Cc1cc(Nc2nccc(C(F)(F)F)n2)cc(-c2cnn(CC3(O)CCOC(C)(C)C3)c2)c1. The summed E-state index contributed by atoms with van der Waals surface area (Å²) in [6.45, 7) is 6.64. The molecule has 0 bridgehead atoms. The summed E-state index contributed by atoms with van der Waals surface area (Å²) < 4.78 is 46.2. The lowest BCUT2D eigenvalue weighted by Gasteiger charge is -2.41. The van der Waals surface area contributed by atoms with Gasteiger partial charge in [0.2, 0.25) is 5.95 Å². The number of aryl methyl sites for hydroxylation is 1. The van der Waals surface area contributed by atoms with Crippen molar-refractivity contribution in [2.45, 2.75) is 57.5 Å². The highest BCUT2D eigenvalue weighted by Crippen LogP contribution is 2.34. The van der Waals surface area contributed by atoms with Crippen LogP contribution >= 0.6 is 0 Å². The largest absolute Gasteiger partial charge is 0.433 e. The maximum atomic E-state index is 12.9. The van der Waals surface area contributed by atoms with Crippen molar-refractivity contribution >= 4 is 11.6 Å². The van der Waals surface area contributed by atoms with Gasteiger partial charge < -0.3 is 15.2 Å². The minimum atomic E-state index is -4.55. The molecule has 10 heteroatoms. The van der Waals surface area contributed by atoms with E-state index in [1.54, 1.807) is 23.0 Å². The fraction of sp³-hybridized carbons (Fsp3) is 0.435. The van der Waals surface area contributed by atoms with Crippen LogP contribution in [0.5, 0.6) is 0 Å². The second kappa shape index (κ2) is 8.42. The zero-order chi connectivity index (χ0) is 23.9. The molecular weight excluding hydrogens is 435 g/mol. The van der Waals surface area contributed by atoms with Gasteiger partial charge >= 0.3 is 6.18 Å². The van der Waals surface area contributed by atoms with Crippen LogP contribution in [0.1, 0.15) is 37.9 Å². The Morgan fingerprint density at radius 3 is 2.73 bits per heavy atom. The summed E-state index contributed by atoms with van der Waals surface area (Å²) in [5, 5.41) is 18.3. The number of alkyl halides is 3. The van der Waals surface area contributed by atoms with E-state index in [4.69, 9.17) is 4.74 Å². The molecular formula is C23H26F3N5O2. The Kier molecular flexibility index (Phi) is 5.92. The lowest BCUT2D eigenvalue weighted by molar-refractivity contribution is -0.150. The molecule has 7 nitrogen and oxygen atoms in total. The van der Waals surface area contributed by atoms with Crippen molar-refractivity contribution in [2.75, 3.05) is 11.9 Å². The molecule has 1 aliphatic heterocycles. The van der Waals surface area contributed by atoms with E-state index in [0.717, 1.165) is 29.0 Å². The molecule has 1 unspecified atom stereocenters. The number of rotatable bonds is 5. The second-order valence-electron chi connectivity index (χ2n) is 9.16. The number of ether oxygens (including phenoxy) is 1. The Morgan fingerprint density at radius 2 is 2.00 bits per heavy atom. The van der Waals surface area contributed by atoms with Crippen LogP contribution in [0, 0.1) is 6.92 Å². The van der Waals surface area contributed by atoms with Crippen LogP contribution in [0.2, 0.25) is 0 Å². The van der Waals surface area contributed by atoms with Gasteiger partial charge in [-0.1, -0.05) is 6.07 Å². The van der Waals surface area contributed by atoms with E-state index < -0.39 is 23.1 Å². The molecule has 0 aliphatic carbocycles. The Hall–Kier alpha value is -2.98. The summed E-state index contributed by atoms with van der Waals surface area (Å²) in [6, 6.07) is 6.37. The smallest absolute Gasteiger partial charge is 0.388 e. The number of aliphatic hydroxyl groups is 1. The number of nitrogens with one attached hydrogen (secondary N) is 1. The third-order valence-corrected chi connectivity index (χ3v) is 5.52. The zero-order valence-electron chi connectivity index (χ0n) is 18.6. The summed E-state index contributed by atoms with van der Waals surface area (Å²) in [7, 11) is 0. The van der Waals surface area contributed by atoms with Crippen LogP contribution in [0.4, 0.5) is 24.8 Å². The molecule has 1 aliphatic rings. The first-order chi connectivity index (χ1) is 15.4. The minimum absolute atomic E-state index is 0.138. The van der Waals surface area contributed by atoms with Gasteiger partial charge in [0.1, 0.15) is 5.69 Å². The predicted molar refractivity (Wildman–Crippen MR) is 117 cm³/mol. The van der Waals surface area contributed by atoms with Crippen molar-refractivity contribution in [2.24, 2.45) is 0 Å².